The monoisotopic (exact) mass is 1360 g/mol. The molecule has 0 aromatic heterocycles. The van der Waals surface area contributed by atoms with Crippen LogP contribution >= 0.6 is 46.7 Å². The Kier molecular flexibility index (Phi) is 26.6. The van der Waals surface area contributed by atoms with E-state index in [9.17, 15) is 0 Å². The third-order valence-corrected chi connectivity index (χ3v) is 20.4. The minimum Gasteiger partial charge on any atom is -0.0620 e. The van der Waals surface area contributed by atoms with E-state index >= 15 is 0 Å². The molecule has 2 saturated heterocycles. The quantitative estimate of drug-likeness (QED) is 0.0729. The molecule has 0 radical (unpaired) electrons. The van der Waals surface area contributed by atoms with Crippen LogP contribution in [0.15, 0.2) is 182 Å². The molecule has 440 valence electrons. The SMILES string of the molecule is CC(C)Oc1ccccc1[CH]=[Ru]([Cl])[Cl].Cc1cccc(C(C)C)c1N1[CH-]C(C)(C)CC1(C)C.Cc1cccc(C(C)C)c1N1[CH-]C(C)(C)CC1(C)C.[Cl][Ru]([Cl])=[CH]c1ccccc1.c1ccc([PH+](c2ccccc2)c2ccccc2)cc1. The van der Waals surface area contributed by atoms with Gasteiger partial charge in [0.1, 0.15) is 15.9 Å². The van der Waals surface area contributed by atoms with Gasteiger partial charge in [0.15, 0.2) is 0 Å². The molecule has 0 spiro atoms. The second-order valence-electron chi connectivity index (χ2n) is 24.5. The second kappa shape index (κ2) is 31.6. The molecule has 2 aliphatic heterocycles. The van der Waals surface area contributed by atoms with Crippen molar-refractivity contribution in [2.24, 2.45) is 10.8 Å². The molecule has 0 unspecified atom stereocenters. The molecule has 0 atom stereocenters. The van der Waals surface area contributed by atoms with E-state index in [-0.39, 0.29) is 28.0 Å². The van der Waals surface area contributed by atoms with Crippen LogP contribution in [-0.4, -0.2) is 26.4 Å². The number of benzene rings is 7. The first-order valence-electron chi connectivity index (χ1n) is 28.1. The molecule has 2 aliphatic rings. The average Bonchev–Trinajstić information content (AvgIpc) is 3.77. The Morgan fingerprint density at radius 1 is 0.457 bits per heavy atom. The molecule has 0 aliphatic carbocycles. The standard InChI is InChI=1S/2C18H28N.C18H15P.C10H12O.C7H6.4ClH.2Ru/c2*1-13(2)15-10-8-9-14(3)16(15)19-12-17(4,5)11-18(19,6)7;1-4-10-16(11-5-1)19(17-12-6-2-7-13-17)18-14-8-3-9-15-18;1-8(2)11-10-7-5-4-6-9(10)3;1-7-5-3-2-4-6-7;;;;;;/h2*8-10,12-13H,11H2,1-7H3;1-15H;3-8H,1-2H3;1-6H;4*1H;;/q2*-1;;;;;;;;2*+2/p-3. The molecule has 10 heteroatoms. The van der Waals surface area contributed by atoms with Gasteiger partial charge in [-0.2, -0.15) is 0 Å². The first-order chi connectivity index (χ1) is 38.1. The average molecular weight is 1360 g/mol. The molecule has 7 aromatic carbocycles. The van der Waals surface area contributed by atoms with Gasteiger partial charge in [-0.1, -0.05) is 159 Å². The third-order valence-electron chi connectivity index (χ3n) is 14.0. The molecule has 0 saturated carbocycles. The van der Waals surface area contributed by atoms with Crippen LogP contribution in [0.5, 0.6) is 5.75 Å². The maximum absolute atomic E-state index is 5.82. The number of hydrogen-bond acceptors (Lipinski definition) is 3. The van der Waals surface area contributed by atoms with Gasteiger partial charge in [-0.05, 0) is 112 Å². The molecule has 0 amide bonds. The van der Waals surface area contributed by atoms with Crippen molar-refractivity contribution in [3.63, 3.8) is 0 Å². The first kappa shape index (κ1) is 68.3. The van der Waals surface area contributed by atoms with Gasteiger partial charge in [-0.3, -0.25) is 0 Å². The summed E-state index contributed by atoms with van der Waals surface area (Å²) < 4.78 is 9.44. The van der Waals surface area contributed by atoms with Crippen LogP contribution in [0, 0.1) is 37.8 Å². The van der Waals surface area contributed by atoms with Gasteiger partial charge < -0.3 is 9.80 Å². The second-order valence-corrected chi connectivity index (χ2v) is 38.4. The van der Waals surface area contributed by atoms with E-state index in [0.717, 1.165) is 16.9 Å². The summed E-state index contributed by atoms with van der Waals surface area (Å²) in [5.41, 5.74) is 11.6. The van der Waals surface area contributed by atoms with Gasteiger partial charge in [0.25, 0.3) is 0 Å². The summed E-state index contributed by atoms with van der Waals surface area (Å²) in [6, 6.07) is 63.6. The van der Waals surface area contributed by atoms with E-state index in [1.807, 2.05) is 77.7 Å². The summed E-state index contributed by atoms with van der Waals surface area (Å²) in [6.45, 7) is 41.2. The van der Waals surface area contributed by atoms with E-state index in [2.05, 4.69) is 247 Å². The van der Waals surface area contributed by atoms with Crippen molar-refractivity contribution >= 4 is 83.2 Å². The zero-order valence-corrected chi connectivity index (χ0v) is 58.3. The van der Waals surface area contributed by atoms with Gasteiger partial charge in [-0.25, -0.2) is 13.1 Å². The molecule has 0 bridgehead atoms. The Labute approximate surface area is 517 Å². The van der Waals surface area contributed by atoms with Crippen LogP contribution in [0.3, 0.4) is 0 Å². The summed E-state index contributed by atoms with van der Waals surface area (Å²) in [7, 11) is 22.1. The number of nitrogens with zero attached hydrogens (tertiary/aromatic N) is 2. The Morgan fingerprint density at radius 3 is 1.12 bits per heavy atom. The zero-order chi connectivity index (χ0) is 59.7. The van der Waals surface area contributed by atoms with Crippen molar-refractivity contribution in [1.29, 1.82) is 0 Å². The van der Waals surface area contributed by atoms with Gasteiger partial charge in [0.05, 0.1) is 7.92 Å². The molecule has 9 rings (SSSR count). The number of rotatable bonds is 11. The molecule has 0 N–H and O–H groups in total. The normalized spacial score (nSPS) is 15.7. The molecular weight excluding hydrogens is 1270 g/mol. The van der Waals surface area contributed by atoms with E-state index in [4.69, 9.17) is 43.5 Å². The van der Waals surface area contributed by atoms with E-state index in [1.54, 1.807) is 0 Å². The fourth-order valence-electron chi connectivity index (χ4n) is 11.2. The fourth-order valence-corrected chi connectivity index (χ4v) is 17.4. The van der Waals surface area contributed by atoms with Crippen molar-refractivity contribution in [3.05, 3.63) is 228 Å². The molecule has 81 heavy (non-hydrogen) atoms. The van der Waals surface area contributed by atoms with E-state index < -0.39 is 35.0 Å². The summed E-state index contributed by atoms with van der Waals surface area (Å²) >= 11 is -3.39. The van der Waals surface area contributed by atoms with Crippen molar-refractivity contribution in [2.45, 2.75) is 153 Å². The van der Waals surface area contributed by atoms with Gasteiger partial charge in [0, 0.05) is 22.5 Å². The number of ether oxygens (including phenoxy) is 1. The van der Waals surface area contributed by atoms with Gasteiger partial charge >= 0.3 is 171 Å². The van der Waals surface area contributed by atoms with Crippen molar-refractivity contribution in [1.82, 2.24) is 0 Å². The van der Waals surface area contributed by atoms with E-state index in [1.165, 1.54) is 62.4 Å². The van der Waals surface area contributed by atoms with Gasteiger partial charge in [0.2, 0.25) is 0 Å². The molecule has 3 nitrogen and oxygen atoms in total. The van der Waals surface area contributed by atoms with Crippen LogP contribution in [0.2, 0.25) is 0 Å². The van der Waals surface area contributed by atoms with Crippen molar-refractivity contribution < 1.29 is 31.8 Å². The largest absolute Gasteiger partial charge is 0.102 e. The van der Waals surface area contributed by atoms with Crippen molar-refractivity contribution in [2.75, 3.05) is 9.80 Å². The number of halogens is 4. The summed E-state index contributed by atoms with van der Waals surface area (Å²) in [4.78, 5) is 5.05. The number of para-hydroxylation sites is 3. The topological polar surface area (TPSA) is 15.7 Å². The van der Waals surface area contributed by atoms with Crippen molar-refractivity contribution in [3.8, 4) is 5.75 Å². The van der Waals surface area contributed by atoms with E-state index in [0.29, 0.717) is 11.8 Å². The Balaban J connectivity index is 0.000000189. The van der Waals surface area contributed by atoms with Crippen LogP contribution in [0.4, 0.5) is 11.4 Å². The molecule has 7 aromatic rings. The zero-order valence-electron chi connectivity index (χ0n) is 50.8. The van der Waals surface area contributed by atoms with Crippen LogP contribution < -0.4 is 30.5 Å². The smallest absolute Gasteiger partial charge is 0.0620 e. The Bertz CT molecular complexity index is 2900. The molecule has 2 fully saturated rings. The Morgan fingerprint density at radius 2 is 0.802 bits per heavy atom. The predicted octanol–water partition coefficient (Wildman–Crippen LogP) is 20.1. The summed E-state index contributed by atoms with van der Waals surface area (Å²) in [5.74, 6) is 1.97. The third kappa shape index (κ3) is 21.2. The minimum atomic E-state index is -1.77. The van der Waals surface area contributed by atoms with Crippen LogP contribution in [0.25, 0.3) is 0 Å². The number of hydrogen-bond donors (Lipinski definition) is 0. The first-order valence-corrected chi connectivity index (χ1v) is 40.6. The van der Waals surface area contributed by atoms with Crippen LogP contribution in [-0.2, 0) is 27.0 Å². The molecule has 2 heterocycles. The minimum absolute atomic E-state index is 0.163. The Hall–Kier alpha value is -3.48. The predicted molar refractivity (Wildman–Crippen MR) is 358 cm³/mol. The summed E-state index contributed by atoms with van der Waals surface area (Å²) in [5, 5.41) is 4.31. The maximum Gasteiger partial charge on any atom is 0.102 e. The fraction of sp³-hybridized carbons (Fsp3) is 0.352. The maximum atomic E-state index is 5.82. The summed E-state index contributed by atoms with van der Waals surface area (Å²) in [6.07, 6.45) is 2.56. The molecular formula is C71H90Cl4N2OPRu2-. The number of anilines is 2. The van der Waals surface area contributed by atoms with Gasteiger partial charge in [-0.15, -0.1) is 10.8 Å². The number of aryl methyl sites for hydroxylation is 2. The van der Waals surface area contributed by atoms with Crippen LogP contribution in [0.1, 0.15) is 155 Å².